The topological polar surface area (TPSA) is 40.5 Å². The van der Waals surface area contributed by atoms with Crippen LogP contribution in [0.4, 0.5) is 0 Å². The highest BCUT2D eigenvalue weighted by molar-refractivity contribution is 7.99. The van der Waals surface area contributed by atoms with Crippen molar-refractivity contribution in [3.05, 3.63) is 35.9 Å². The Morgan fingerprint density at radius 1 is 1.19 bits per heavy atom. The second-order valence-corrected chi connectivity index (χ2v) is 5.53. The molecule has 88 valence electrons. The van der Waals surface area contributed by atoms with Crippen LogP contribution in [-0.2, 0) is 0 Å². The summed E-state index contributed by atoms with van der Waals surface area (Å²) in [6, 6.07) is 9.45. The van der Waals surface area contributed by atoms with Gasteiger partial charge in [-0.1, -0.05) is 30.3 Å². The molecule has 0 spiro atoms. The van der Waals surface area contributed by atoms with Gasteiger partial charge in [0.05, 0.1) is 0 Å². The Hall–Kier alpha value is -0.510. The van der Waals surface area contributed by atoms with Gasteiger partial charge in [0.2, 0.25) is 0 Å². The molecule has 1 heterocycles. The quantitative estimate of drug-likeness (QED) is 0.831. The molecule has 0 bridgehead atoms. The molecule has 1 aromatic rings. The minimum Gasteiger partial charge on any atom is -0.386 e. The average molecular weight is 238 g/mol. The molecule has 1 aromatic carbocycles. The SMILES string of the molecule is O[C@H](c1ccccc1)[C@@]1(O)CCCCSC1. The highest BCUT2D eigenvalue weighted by Crippen LogP contribution is 2.35. The lowest BCUT2D eigenvalue weighted by molar-refractivity contribution is -0.0654. The van der Waals surface area contributed by atoms with Gasteiger partial charge in [0.1, 0.15) is 11.7 Å². The number of hydrogen-bond acceptors (Lipinski definition) is 3. The lowest BCUT2D eigenvalue weighted by Crippen LogP contribution is -2.38. The second kappa shape index (κ2) is 5.21. The van der Waals surface area contributed by atoms with Crippen LogP contribution < -0.4 is 0 Å². The Balaban J connectivity index is 2.15. The summed E-state index contributed by atoms with van der Waals surface area (Å²) in [5.74, 6) is 1.72. The van der Waals surface area contributed by atoms with Crippen LogP contribution in [0.1, 0.15) is 30.9 Å². The van der Waals surface area contributed by atoms with Crippen LogP contribution in [0.25, 0.3) is 0 Å². The fourth-order valence-electron chi connectivity index (χ4n) is 2.12. The van der Waals surface area contributed by atoms with E-state index in [1.807, 2.05) is 30.3 Å². The molecule has 0 aromatic heterocycles. The van der Waals surface area contributed by atoms with Gasteiger partial charge >= 0.3 is 0 Å². The van der Waals surface area contributed by atoms with E-state index in [4.69, 9.17) is 0 Å². The van der Waals surface area contributed by atoms with Gasteiger partial charge in [-0.2, -0.15) is 11.8 Å². The van der Waals surface area contributed by atoms with Gasteiger partial charge in [-0.05, 0) is 30.6 Å². The molecule has 0 aliphatic carbocycles. The highest BCUT2D eigenvalue weighted by atomic mass is 32.2. The number of aliphatic hydroxyl groups is 2. The summed E-state index contributed by atoms with van der Waals surface area (Å²) in [7, 11) is 0. The molecule has 0 radical (unpaired) electrons. The molecule has 2 N–H and O–H groups in total. The van der Waals surface area contributed by atoms with E-state index in [9.17, 15) is 10.2 Å². The lowest BCUT2D eigenvalue weighted by atomic mass is 9.88. The van der Waals surface area contributed by atoms with Gasteiger partial charge in [-0.25, -0.2) is 0 Å². The van der Waals surface area contributed by atoms with Crippen LogP contribution in [0.5, 0.6) is 0 Å². The number of hydrogen-bond donors (Lipinski definition) is 2. The summed E-state index contributed by atoms with van der Waals surface area (Å²) < 4.78 is 0. The predicted molar refractivity (Wildman–Crippen MR) is 67.5 cm³/mol. The van der Waals surface area contributed by atoms with E-state index in [0.29, 0.717) is 12.2 Å². The Morgan fingerprint density at radius 2 is 1.94 bits per heavy atom. The molecule has 3 heteroatoms. The van der Waals surface area contributed by atoms with Crippen LogP contribution in [0.3, 0.4) is 0 Å². The molecule has 0 unspecified atom stereocenters. The number of thioether (sulfide) groups is 1. The zero-order chi connectivity index (χ0) is 11.4. The average Bonchev–Trinajstić information content (AvgIpc) is 2.55. The third-order valence-corrected chi connectivity index (χ3v) is 4.41. The highest BCUT2D eigenvalue weighted by Gasteiger charge is 2.37. The van der Waals surface area contributed by atoms with E-state index in [1.165, 1.54) is 0 Å². The summed E-state index contributed by atoms with van der Waals surface area (Å²) in [4.78, 5) is 0. The number of benzene rings is 1. The molecule has 0 saturated carbocycles. The van der Waals surface area contributed by atoms with Crippen LogP contribution in [0.2, 0.25) is 0 Å². The summed E-state index contributed by atoms with van der Waals surface area (Å²) in [5, 5.41) is 20.8. The third-order valence-electron chi connectivity index (χ3n) is 3.12. The van der Waals surface area contributed by atoms with E-state index in [0.717, 1.165) is 24.2 Å². The van der Waals surface area contributed by atoms with Crippen molar-refractivity contribution < 1.29 is 10.2 Å². The zero-order valence-corrected chi connectivity index (χ0v) is 10.1. The number of rotatable bonds is 2. The van der Waals surface area contributed by atoms with E-state index in [-0.39, 0.29) is 0 Å². The summed E-state index contributed by atoms with van der Waals surface area (Å²) in [6.07, 6.45) is 2.05. The van der Waals surface area contributed by atoms with Crippen molar-refractivity contribution >= 4 is 11.8 Å². The van der Waals surface area contributed by atoms with Gasteiger partial charge in [-0.15, -0.1) is 0 Å². The van der Waals surface area contributed by atoms with Gasteiger partial charge in [0, 0.05) is 5.75 Å². The normalized spacial score (nSPS) is 28.4. The summed E-state index contributed by atoms with van der Waals surface area (Å²) in [6.45, 7) is 0. The maximum atomic E-state index is 10.5. The van der Waals surface area contributed by atoms with Gasteiger partial charge in [-0.3, -0.25) is 0 Å². The van der Waals surface area contributed by atoms with Crippen molar-refractivity contribution in [3.63, 3.8) is 0 Å². The van der Waals surface area contributed by atoms with Gasteiger partial charge in [0.25, 0.3) is 0 Å². The number of aliphatic hydroxyl groups excluding tert-OH is 1. The predicted octanol–water partition coefficient (Wildman–Crippen LogP) is 2.37. The Labute approximate surface area is 101 Å². The van der Waals surface area contributed by atoms with E-state index in [2.05, 4.69) is 0 Å². The van der Waals surface area contributed by atoms with Crippen molar-refractivity contribution in [2.45, 2.75) is 31.0 Å². The minimum absolute atomic E-state index is 0.628. The van der Waals surface area contributed by atoms with E-state index >= 15 is 0 Å². The summed E-state index contributed by atoms with van der Waals surface area (Å²) >= 11 is 1.74. The van der Waals surface area contributed by atoms with E-state index < -0.39 is 11.7 Å². The first-order chi connectivity index (χ1) is 7.72. The van der Waals surface area contributed by atoms with Crippen LogP contribution in [-0.4, -0.2) is 27.3 Å². The smallest absolute Gasteiger partial charge is 0.108 e. The lowest BCUT2D eigenvalue weighted by Gasteiger charge is -2.31. The first-order valence-electron chi connectivity index (χ1n) is 5.75. The second-order valence-electron chi connectivity index (χ2n) is 4.43. The Kier molecular flexibility index (Phi) is 3.90. The first-order valence-corrected chi connectivity index (χ1v) is 6.91. The molecular weight excluding hydrogens is 220 g/mol. The van der Waals surface area contributed by atoms with Gasteiger partial charge < -0.3 is 10.2 Å². The standard InChI is InChI=1S/C13H18O2S/c14-12(11-6-2-1-3-7-11)13(15)8-4-5-9-16-10-13/h1-3,6-7,12,14-15H,4-5,8-10H2/t12-,13-/m1/s1. The maximum Gasteiger partial charge on any atom is 0.108 e. The van der Waals surface area contributed by atoms with Gasteiger partial charge in [0.15, 0.2) is 0 Å². The molecule has 0 amide bonds. The molecule has 16 heavy (non-hydrogen) atoms. The fourth-order valence-corrected chi connectivity index (χ4v) is 3.33. The van der Waals surface area contributed by atoms with Crippen LogP contribution in [0.15, 0.2) is 30.3 Å². The molecular formula is C13H18O2S. The summed E-state index contributed by atoms with van der Waals surface area (Å²) in [5.41, 5.74) is -0.143. The van der Waals surface area contributed by atoms with Crippen LogP contribution in [0, 0.1) is 0 Å². The zero-order valence-electron chi connectivity index (χ0n) is 9.30. The monoisotopic (exact) mass is 238 g/mol. The molecule has 2 atom stereocenters. The molecule has 1 aliphatic heterocycles. The van der Waals surface area contributed by atoms with Crippen molar-refractivity contribution in [2.75, 3.05) is 11.5 Å². The van der Waals surface area contributed by atoms with Crippen molar-refractivity contribution in [1.82, 2.24) is 0 Å². The van der Waals surface area contributed by atoms with E-state index in [1.54, 1.807) is 11.8 Å². The Morgan fingerprint density at radius 3 is 2.69 bits per heavy atom. The molecule has 2 nitrogen and oxygen atoms in total. The van der Waals surface area contributed by atoms with Crippen molar-refractivity contribution in [3.8, 4) is 0 Å². The Bertz CT molecular complexity index is 318. The molecule has 1 aliphatic rings. The third kappa shape index (κ3) is 2.59. The first kappa shape index (κ1) is 12.0. The fraction of sp³-hybridized carbons (Fsp3) is 0.538. The molecule has 2 rings (SSSR count). The molecule has 1 fully saturated rings. The van der Waals surface area contributed by atoms with Crippen molar-refractivity contribution in [2.24, 2.45) is 0 Å². The maximum absolute atomic E-state index is 10.5. The largest absolute Gasteiger partial charge is 0.386 e. The minimum atomic E-state index is -0.956. The molecule has 1 saturated heterocycles. The van der Waals surface area contributed by atoms with Crippen LogP contribution >= 0.6 is 11.8 Å². The van der Waals surface area contributed by atoms with Crippen molar-refractivity contribution in [1.29, 1.82) is 0 Å².